The van der Waals surface area contributed by atoms with Crippen LogP contribution in [0.3, 0.4) is 0 Å². The molecule has 0 unspecified atom stereocenters. The van der Waals surface area contributed by atoms with Gasteiger partial charge >= 0.3 is 5.97 Å². The van der Waals surface area contributed by atoms with Crippen molar-refractivity contribution in [2.75, 3.05) is 6.61 Å². The lowest BCUT2D eigenvalue weighted by Crippen LogP contribution is -2.13. The Kier molecular flexibility index (Phi) is 6.72. The van der Waals surface area contributed by atoms with Crippen molar-refractivity contribution in [2.45, 2.75) is 19.8 Å². The number of carbonyl (C=O) groups is 2. The highest BCUT2D eigenvalue weighted by atomic mass is 35.5. The highest BCUT2D eigenvalue weighted by Crippen LogP contribution is 2.26. The Balaban J connectivity index is 1.49. The summed E-state index contributed by atoms with van der Waals surface area (Å²) in [4.78, 5) is 24.4. The Hall–Kier alpha value is -3.28. The number of carbonyl (C=O) groups excluding carboxylic acids is 1. The zero-order valence-electron chi connectivity index (χ0n) is 17.8. The number of aryl methyl sites for hydroxylation is 1. The molecule has 3 aromatic carbocycles. The Morgan fingerprint density at radius 3 is 2.42 bits per heavy atom. The Morgan fingerprint density at radius 2 is 1.73 bits per heavy atom. The van der Waals surface area contributed by atoms with Crippen molar-refractivity contribution in [3.63, 3.8) is 0 Å². The molecule has 0 bridgehead atoms. The Bertz CT molecular complexity index is 1340. The summed E-state index contributed by atoms with van der Waals surface area (Å²) >= 11 is 12.1. The minimum absolute atomic E-state index is 0.0950. The lowest BCUT2D eigenvalue weighted by molar-refractivity contribution is -0.136. The van der Waals surface area contributed by atoms with E-state index in [9.17, 15) is 9.59 Å². The van der Waals surface area contributed by atoms with Crippen LogP contribution in [0.2, 0.25) is 10.0 Å². The molecule has 0 amide bonds. The van der Waals surface area contributed by atoms with Crippen LogP contribution in [0.1, 0.15) is 27.2 Å². The molecule has 0 fully saturated rings. The minimum atomic E-state index is -0.909. The van der Waals surface area contributed by atoms with E-state index in [1.165, 1.54) is 0 Å². The number of carboxylic acids is 1. The van der Waals surface area contributed by atoms with E-state index in [2.05, 4.69) is 0 Å². The Labute approximate surface area is 201 Å². The van der Waals surface area contributed by atoms with Crippen molar-refractivity contribution in [3.8, 4) is 5.75 Å². The summed E-state index contributed by atoms with van der Waals surface area (Å²) in [5.74, 6) is -0.447. The van der Waals surface area contributed by atoms with Gasteiger partial charge in [-0.15, -0.1) is 0 Å². The number of rotatable bonds is 7. The second-order valence-electron chi connectivity index (χ2n) is 7.71. The van der Waals surface area contributed by atoms with Crippen LogP contribution in [0, 0.1) is 6.92 Å². The number of hydrogen-bond acceptors (Lipinski definition) is 3. The number of carboxylic acid groups (broad SMARTS) is 1. The van der Waals surface area contributed by atoms with Crippen LogP contribution in [0.5, 0.6) is 5.75 Å². The van der Waals surface area contributed by atoms with Crippen LogP contribution in [0.25, 0.3) is 10.9 Å². The third-order valence-electron chi connectivity index (χ3n) is 5.42. The average molecular weight is 482 g/mol. The van der Waals surface area contributed by atoms with Crippen LogP contribution >= 0.6 is 23.2 Å². The fraction of sp³-hybridized carbons (Fsp3) is 0.154. The molecule has 0 aliphatic rings. The van der Waals surface area contributed by atoms with E-state index in [0.717, 1.165) is 16.6 Å². The average Bonchev–Trinajstić information content (AvgIpc) is 3.12. The Morgan fingerprint density at radius 1 is 0.970 bits per heavy atom. The van der Waals surface area contributed by atoms with Crippen LogP contribution in [0.15, 0.2) is 66.7 Å². The van der Waals surface area contributed by atoms with Crippen molar-refractivity contribution < 1.29 is 19.4 Å². The van der Waals surface area contributed by atoms with Gasteiger partial charge < -0.3 is 9.84 Å². The van der Waals surface area contributed by atoms with Crippen molar-refractivity contribution in [1.82, 2.24) is 4.57 Å². The second kappa shape index (κ2) is 9.69. The third-order valence-corrected chi connectivity index (χ3v) is 6.01. The molecule has 7 heteroatoms. The summed E-state index contributed by atoms with van der Waals surface area (Å²) in [6, 6.07) is 19.6. The molecule has 33 heavy (non-hydrogen) atoms. The number of ether oxygens (including phenoxy) is 1. The standard InChI is InChI=1S/C26H21Cl2NO4/c1-16-13-22-19(14-25(30)31)3-2-4-24(22)29(16)26(32)18-6-9-21(10-7-18)33-12-11-17-5-8-20(27)15-23(17)28/h2-10,13,15H,11-12,14H2,1H3,(H,30,31). The maximum atomic E-state index is 13.2. The van der Waals surface area contributed by atoms with Gasteiger partial charge in [0.1, 0.15) is 5.75 Å². The number of aliphatic carboxylic acids is 1. The topological polar surface area (TPSA) is 68.5 Å². The van der Waals surface area contributed by atoms with Crippen LogP contribution in [-0.2, 0) is 17.6 Å². The first-order chi connectivity index (χ1) is 15.8. The normalized spacial score (nSPS) is 11.0. The van der Waals surface area contributed by atoms with E-state index >= 15 is 0 Å². The second-order valence-corrected chi connectivity index (χ2v) is 8.55. The summed E-state index contributed by atoms with van der Waals surface area (Å²) in [6.45, 7) is 2.27. The molecule has 5 nitrogen and oxygen atoms in total. The number of aromatic nitrogens is 1. The van der Waals surface area contributed by atoms with Gasteiger partial charge in [-0.2, -0.15) is 0 Å². The molecule has 168 valence electrons. The number of hydrogen-bond donors (Lipinski definition) is 1. The van der Waals surface area contributed by atoms with Gasteiger partial charge in [-0.3, -0.25) is 14.2 Å². The van der Waals surface area contributed by atoms with Gasteiger partial charge in [-0.25, -0.2) is 0 Å². The van der Waals surface area contributed by atoms with E-state index in [0.29, 0.717) is 45.5 Å². The molecule has 0 saturated carbocycles. The number of fused-ring (bicyclic) bond motifs is 1. The van der Waals surface area contributed by atoms with E-state index in [1.54, 1.807) is 53.1 Å². The van der Waals surface area contributed by atoms with Crippen LogP contribution < -0.4 is 4.74 Å². The van der Waals surface area contributed by atoms with Crippen LogP contribution in [-0.4, -0.2) is 28.2 Å². The maximum Gasteiger partial charge on any atom is 0.307 e. The van der Waals surface area contributed by atoms with E-state index in [1.807, 2.05) is 25.1 Å². The first kappa shape index (κ1) is 22.9. The van der Waals surface area contributed by atoms with E-state index in [-0.39, 0.29) is 12.3 Å². The van der Waals surface area contributed by atoms with Gasteiger partial charge in [0.2, 0.25) is 0 Å². The molecule has 0 spiro atoms. The SMILES string of the molecule is Cc1cc2c(CC(=O)O)cccc2n1C(=O)c1ccc(OCCc2ccc(Cl)cc2Cl)cc1. The van der Waals surface area contributed by atoms with Crippen LogP contribution in [0.4, 0.5) is 0 Å². The van der Waals surface area contributed by atoms with Gasteiger partial charge in [0.25, 0.3) is 5.91 Å². The van der Waals surface area contributed by atoms with Crippen molar-refractivity contribution in [2.24, 2.45) is 0 Å². The molecule has 0 aliphatic carbocycles. The third kappa shape index (κ3) is 5.05. The minimum Gasteiger partial charge on any atom is -0.493 e. The number of benzene rings is 3. The van der Waals surface area contributed by atoms with Crippen molar-refractivity contribution in [1.29, 1.82) is 0 Å². The fourth-order valence-corrected chi connectivity index (χ4v) is 4.34. The predicted octanol–water partition coefficient (Wildman–Crippen LogP) is 6.19. The monoisotopic (exact) mass is 481 g/mol. The summed E-state index contributed by atoms with van der Waals surface area (Å²) in [5.41, 5.74) is 3.57. The number of nitrogens with zero attached hydrogens (tertiary/aromatic N) is 1. The fourth-order valence-electron chi connectivity index (χ4n) is 3.84. The maximum absolute atomic E-state index is 13.2. The van der Waals surface area contributed by atoms with E-state index in [4.69, 9.17) is 33.0 Å². The summed E-state index contributed by atoms with van der Waals surface area (Å²) in [5, 5.41) is 11.1. The van der Waals surface area contributed by atoms with Gasteiger partial charge in [0.15, 0.2) is 0 Å². The predicted molar refractivity (Wildman–Crippen MR) is 130 cm³/mol. The highest BCUT2D eigenvalue weighted by Gasteiger charge is 2.17. The smallest absolute Gasteiger partial charge is 0.307 e. The molecule has 0 saturated heterocycles. The highest BCUT2D eigenvalue weighted by molar-refractivity contribution is 6.35. The number of halogens is 2. The van der Waals surface area contributed by atoms with Gasteiger partial charge in [-0.05, 0) is 66.6 Å². The van der Waals surface area contributed by atoms with Crippen molar-refractivity contribution >= 4 is 46.0 Å². The molecule has 1 N–H and O–H groups in total. The molecular weight excluding hydrogens is 461 g/mol. The molecule has 1 heterocycles. The largest absolute Gasteiger partial charge is 0.493 e. The van der Waals surface area contributed by atoms with E-state index < -0.39 is 5.97 Å². The molecule has 4 rings (SSSR count). The first-order valence-electron chi connectivity index (χ1n) is 10.4. The van der Waals surface area contributed by atoms with Gasteiger partial charge in [-0.1, -0.05) is 41.4 Å². The summed E-state index contributed by atoms with van der Waals surface area (Å²) in [7, 11) is 0. The zero-order valence-corrected chi connectivity index (χ0v) is 19.4. The first-order valence-corrected chi connectivity index (χ1v) is 11.1. The lowest BCUT2D eigenvalue weighted by atomic mass is 10.1. The molecular formula is C26H21Cl2NO4. The quantitative estimate of drug-likeness (QED) is 0.341. The van der Waals surface area contributed by atoms with Crippen molar-refractivity contribution in [3.05, 3.63) is 99.2 Å². The molecule has 4 aromatic rings. The molecule has 0 atom stereocenters. The van der Waals surface area contributed by atoms with Gasteiger partial charge in [0.05, 0.1) is 18.5 Å². The summed E-state index contributed by atoms with van der Waals surface area (Å²) < 4.78 is 7.41. The molecule has 1 aromatic heterocycles. The lowest BCUT2D eigenvalue weighted by Gasteiger charge is -2.10. The molecule has 0 aliphatic heterocycles. The molecule has 0 radical (unpaired) electrons. The van der Waals surface area contributed by atoms with Gasteiger partial charge in [0, 0.05) is 33.1 Å². The summed E-state index contributed by atoms with van der Waals surface area (Å²) in [6.07, 6.45) is 0.534. The zero-order chi connectivity index (χ0) is 23.5.